The number of nitrogens with zero attached hydrogens (tertiary/aromatic N) is 1. The molecular weight excluding hydrogens is 759 g/mol. The molecule has 5 aliphatic rings. The topological polar surface area (TPSA) is 169 Å². The number of phenolic OH excluding ortho intramolecular Hbond substituents is 2. The maximum atomic E-state index is 12.6. The Balaban J connectivity index is 1.36. The van der Waals surface area contributed by atoms with Gasteiger partial charge in [0.05, 0.1) is 19.1 Å². The van der Waals surface area contributed by atoms with Gasteiger partial charge in [-0.25, -0.2) is 4.98 Å². The van der Waals surface area contributed by atoms with Crippen LogP contribution in [0.3, 0.4) is 0 Å². The van der Waals surface area contributed by atoms with Crippen molar-refractivity contribution in [1.82, 2.24) is 20.9 Å². The second kappa shape index (κ2) is 15.7. The zero-order chi connectivity index (χ0) is 41.9. The molecule has 1 fully saturated rings. The van der Waals surface area contributed by atoms with E-state index in [0.717, 1.165) is 75.9 Å². The number of carbonyl (C=O) groups excluding carboxylic acids is 1. The average molecular weight is 812 g/mol. The number of likely N-dealkylation sites (N-methyl/N-ethyl adjacent to an activating group) is 2. The van der Waals surface area contributed by atoms with Gasteiger partial charge < -0.3 is 50.8 Å². The lowest BCUT2D eigenvalue weighted by Crippen LogP contribution is -2.45. The number of methoxy groups -OCH3 is 1. The van der Waals surface area contributed by atoms with Crippen molar-refractivity contribution in [3.05, 3.63) is 92.7 Å². The number of esters is 1. The summed E-state index contributed by atoms with van der Waals surface area (Å²) in [5.74, 6) is 8.72. The fourth-order valence-electron chi connectivity index (χ4n) is 10.8. The molecular formula is C48H53N5O7. The van der Waals surface area contributed by atoms with E-state index in [9.17, 15) is 15.0 Å². The van der Waals surface area contributed by atoms with Gasteiger partial charge in [0.1, 0.15) is 47.6 Å². The third kappa shape index (κ3) is 6.60. The van der Waals surface area contributed by atoms with Crippen LogP contribution in [0.5, 0.6) is 28.7 Å². The number of nitrogens with one attached hydrogen (secondary N) is 3. The summed E-state index contributed by atoms with van der Waals surface area (Å²) in [5.41, 5.74) is 15.7. The van der Waals surface area contributed by atoms with Crippen molar-refractivity contribution in [2.75, 3.05) is 47.1 Å². The minimum atomic E-state index is -0.668. The van der Waals surface area contributed by atoms with Gasteiger partial charge in [0, 0.05) is 71.3 Å². The highest BCUT2D eigenvalue weighted by Gasteiger charge is 2.51. The molecule has 4 heterocycles. The number of benzene rings is 3. The largest absolute Gasteiger partial charge is 0.508 e. The van der Waals surface area contributed by atoms with Gasteiger partial charge in [-0.2, -0.15) is 0 Å². The Kier molecular flexibility index (Phi) is 10.4. The highest BCUT2D eigenvalue weighted by atomic mass is 16.5. The average Bonchev–Trinajstić information content (AvgIpc) is 3.73. The van der Waals surface area contributed by atoms with E-state index in [1.54, 1.807) is 13.2 Å². The van der Waals surface area contributed by atoms with Crippen LogP contribution >= 0.6 is 0 Å². The number of anilines is 1. The van der Waals surface area contributed by atoms with Crippen LogP contribution in [0.25, 0.3) is 17.2 Å². The second-order valence-corrected chi connectivity index (χ2v) is 16.9. The smallest absolute Gasteiger partial charge is 0.302 e. The van der Waals surface area contributed by atoms with Crippen LogP contribution in [-0.4, -0.2) is 74.7 Å². The Labute approximate surface area is 350 Å². The monoisotopic (exact) mass is 811 g/mol. The molecule has 0 saturated heterocycles. The molecule has 312 valence electrons. The lowest BCUT2D eigenvalue weighted by Gasteiger charge is -2.39. The molecule has 6 atom stereocenters. The first-order valence-electron chi connectivity index (χ1n) is 20.9. The zero-order valence-corrected chi connectivity index (χ0v) is 34.8. The van der Waals surface area contributed by atoms with E-state index >= 15 is 0 Å². The molecule has 0 unspecified atom stereocenters. The molecule has 2 aliphatic carbocycles. The standard InChI is InChI=1S/C48H53N5O7/c1-25(54)58-24-35-31-10-11-32-41-28(18-29(55)19-38(41)57-5)21-48-16-15-26(20-48)17-27-9-14-40(49)53-36(27)8-6-7-30-34(22-50-2)44(56)47-33(42(30)45(35)60-46(31)43(32)48)12-13-37(52-4)39(59-47)23-51-3/h9-14,18-19,26,35,37,39,45,50-52,55-56H,7,15-17,20-24H2,1-5H3,(H2,49,53)/t26-,35-,37+,39+,45+,48+/m1/s1. The number of fused-ring (bicyclic) bond motifs is 9. The number of nitrogens with two attached hydrogens (primary N) is 1. The quantitative estimate of drug-likeness (QED) is 0.0968. The van der Waals surface area contributed by atoms with Gasteiger partial charge in [-0.05, 0) is 99.5 Å². The number of rotatable bonds is 8. The van der Waals surface area contributed by atoms with Crippen molar-refractivity contribution < 1.29 is 34.0 Å². The summed E-state index contributed by atoms with van der Waals surface area (Å²) in [6.45, 7) is 2.34. The maximum absolute atomic E-state index is 12.6. The van der Waals surface area contributed by atoms with E-state index in [2.05, 4.69) is 52.1 Å². The molecule has 12 nitrogen and oxygen atoms in total. The molecule has 0 amide bonds. The first-order chi connectivity index (χ1) is 29.1. The Hall–Kier alpha value is -5.74. The molecule has 1 aromatic heterocycles. The van der Waals surface area contributed by atoms with Crippen molar-refractivity contribution in [1.29, 1.82) is 0 Å². The van der Waals surface area contributed by atoms with Crippen molar-refractivity contribution in [2.24, 2.45) is 5.92 Å². The number of hydrogen-bond donors (Lipinski definition) is 6. The number of hydrogen-bond acceptors (Lipinski definition) is 12. The minimum absolute atomic E-state index is 0.0377. The minimum Gasteiger partial charge on any atom is -0.508 e. The number of nitrogen functional groups attached to an aromatic ring is 1. The summed E-state index contributed by atoms with van der Waals surface area (Å²) in [6.07, 6.45) is 7.52. The lowest BCUT2D eigenvalue weighted by atomic mass is 9.65. The fraction of sp³-hybridized carbons (Fsp3) is 0.417. The Bertz CT molecular complexity index is 2490. The summed E-state index contributed by atoms with van der Waals surface area (Å²) in [7, 11) is 7.25. The highest BCUT2D eigenvalue weighted by Crippen LogP contribution is 2.63. The molecule has 4 aromatic rings. The summed E-state index contributed by atoms with van der Waals surface area (Å²) in [4.78, 5) is 17.4. The summed E-state index contributed by atoms with van der Waals surface area (Å²) >= 11 is 0. The first-order valence-corrected chi connectivity index (χ1v) is 20.9. The SMILES string of the molecule is CNCc1c(O)c2c(c3c1CC#Cc1nc(N)ccc1C[C@H]1CC[C@@]4(Cc5cc(O)cc(OC)c5-c5ccc6c(c54)O[C@H]3[C@@H]6COC(C)=O)C1)C=C[C@H](NC)[C@H](CNC)O2. The number of aromatic hydroxyl groups is 2. The van der Waals surface area contributed by atoms with Crippen LogP contribution in [0.15, 0.2) is 42.5 Å². The van der Waals surface area contributed by atoms with Crippen LogP contribution < -0.4 is 35.9 Å². The number of aromatic nitrogens is 1. The number of pyridine rings is 1. The molecule has 3 aromatic carbocycles. The molecule has 1 saturated carbocycles. The molecule has 60 heavy (non-hydrogen) atoms. The second-order valence-electron chi connectivity index (χ2n) is 16.9. The van der Waals surface area contributed by atoms with Crippen molar-refractivity contribution in [2.45, 2.75) is 81.6 Å². The Morgan fingerprint density at radius 2 is 1.93 bits per heavy atom. The normalized spacial score (nSPS) is 24.1. The van der Waals surface area contributed by atoms with Gasteiger partial charge in [0.25, 0.3) is 0 Å². The van der Waals surface area contributed by atoms with Crippen molar-refractivity contribution in [3.63, 3.8) is 0 Å². The first kappa shape index (κ1) is 39.7. The molecule has 0 radical (unpaired) electrons. The number of carbonyl (C=O) groups is 1. The van der Waals surface area contributed by atoms with E-state index in [-0.39, 0.29) is 48.1 Å². The third-order valence-corrected chi connectivity index (χ3v) is 13.3. The summed E-state index contributed by atoms with van der Waals surface area (Å²) < 4.78 is 26.3. The van der Waals surface area contributed by atoms with Crippen LogP contribution in [0.2, 0.25) is 0 Å². The van der Waals surface area contributed by atoms with Crippen molar-refractivity contribution in [3.8, 4) is 51.7 Å². The van der Waals surface area contributed by atoms with Gasteiger partial charge in [0.15, 0.2) is 11.5 Å². The van der Waals surface area contributed by atoms with E-state index in [1.807, 2.05) is 39.4 Å². The lowest BCUT2D eigenvalue weighted by molar-refractivity contribution is -0.141. The van der Waals surface area contributed by atoms with Gasteiger partial charge in [-0.15, -0.1) is 0 Å². The van der Waals surface area contributed by atoms with E-state index in [1.165, 1.54) is 6.92 Å². The van der Waals surface area contributed by atoms with Gasteiger partial charge in [-0.3, -0.25) is 4.79 Å². The number of phenols is 2. The van der Waals surface area contributed by atoms with Gasteiger partial charge in [0.2, 0.25) is 0 Å². The molecule has 9 rings (SSSR count). The maximum Gasteiger partial charge on any atom is 0.302 e. The summed E-state index contributed by atoms with van der Waals surface area (Å²) in [6, 6.07) is 11.6. The molecule has 3 aliphatic heterocycles. The predicted molar refractivity (Wildman–Crippen MR) is 230 cm³/mol. The van der Waals surface area contributed by atoms with Crippen LogP contribution in [0.4, 0.5) is 5.82 Å². The van der Waals surface area contributed by atoms with Gasteiger partial charge >= 0.3 is 5.97 Å². The van der Waals surface area contributed by atoms with Gasteiger partial charge in [-0.1, -0.05) is 36.3 Å². The van der Waals surface area contributed by atoms with E-state index in [0.29, 0.717) is 59.6 Å². The van der Waals surface area contributed by atoms with Crippen LogP contribution in [-0.2, 0) is 40.8 Å². The number of ether oxygens (including phenoxy) is 4. The highest BCUT2D eigenvalue weighted by molar-refractivity contribution is 5.85. The molecule has 4 bridgehead atoms. The van der Waals surface area contributed by atoms with E-state index < -0.39 is 12.0 Å². The third-order valence-electron chi connectivity index (χ3n) is 13.3. The Morgan fingerprint density at radius 1 is 1.08 bits per heavy atom. The molecule has 12 heteroatoms. The Morgan fingerprint density at radius 3 is 2.70 bits per heavy atom. The fourth-order valence-corrected chi connectivity index (χ4v) is 10.8. The zero-order valence-electron chi connectivity index (χ0n) is 34.8. The summed E-state index contributed by atoms with van der Waals surface area (Å²) in [5, 5.41) is 33.2. The van der Waals surface area contributed by atoms with Crippen LogP contribution in [0, 0.1) is 17.8 Å². The molecule has 7 N–H and O–H groups in total. The van der Waals surface area contributed by atoms with Crippen molar-refractivity contribution >= 4 is 17.9 Å². The predicted octanol–water partition coefficient (Wildman–Crippen LogP) is 5.58. The van der Waals surface area contributed by atoms with Crippen LogP contribution in [0.1, 0.15) is 88.4 Å². The van der Waals surface area contributed by atoms with E-state index in [4.69, 9.17) is 29.7 Å². The molecule has 1 spiro atoms.